The standard InChI is InChI=1S/C18H15BrN2O3S2/c1-2-21-17(22)16(12-13-8-10-14(19)11-9-13)25-18(21)20-26(23,24)15-6-4-3-5-7-15/h3-12H,2H2,1H3. The van der Waals surface area contributed by atoms with Crippen molar-refractivity contribution in [1.29, 1.82) is 0 Å². The molecule has 0 N–H and O–H groups in total. The minimum atomic E-state index is -3.87. The fraction of sp³-hybridized carbons (Fsp3) is 0.111. The van der Waals surface area contributed by atoms with E-state index in [9.17, 15) is 13.2 Å². The van der Waals surface area contributed by atoms with E-state index in [1.165, 1.54) is 17.0 Å². The number of hydrogen-bond acceptors (Lipinski definition) is 4. The van der Waals surface area contributed by atoms with Crippen molar-refractivity contribution in [1.82, 2.24) is 4.90 Å². The van der Waals surface area contributed by atoms with Gasteiger partial charge in [0.1, 0.15) is 0 Å². The van der Waals surface area contributed by atoms with E-state index in [1.807, 2.05) is 24.3 Å². The van der Waals surface area contributed by atoms with E-state index in [1.54, 1.807) is 31.2 Å². The zero-order chi connectivity index (χ0) is 18.7. The fourth-order valence-corrected chi connectivity index (χ4v) is 4.84. The first kappa shape index (κ1) is 18.9. The topological polar surface area (TPSA) is 66.8 Å². The van der Waals surface area contributed by atoms with Crippen LogP contribution in [0.4, 0.5) is 0 Å². The molecule has 3 rings (SSSR count). The SMILES string of the molecule is CCN1C(=O)C(=Cc2ccc(Br)cc2)SC1=NS(=O)(=O)c1ccccc1. The van der Waals surface area contributed by atoms with E-state index in [-0.39, 0.29) is 16.0 Å². The van der Waals surface area contributed by atoms with Crippen molar-refractivity contribution < 1.29 is 13.2 Å². The molecule has 1 heterocycles. The van der Waals surface area contributed by atoms with E-state index < -0.39 is 10.0 Å². The molecule has 1 saturated heterocycles. The van der Waals surface area contributed by atoms with Crippen molar-refractivity contribution in [2.24, 2.45) is 4.40 Å². The Bertz CT molecular complexity index is 985. The van der Waals surface area contributed by atoms with Crippen LogP contribution in [0.15, 0.2) is 73.3 Å². The third kappa shape index (κ3) is 4.08. The Morgan fingerprint density at radius 1 is 1.12 bits per heavy atom. The third-order valence-electron chi connectivity index (χ3n) is 3.61. The molecule has 0 unspecified atom stereocenters. The number of carbonyl (C=O) groups excluding carboxylic acids is 1. The normalized spacial score (nSPS) is 18.1. The molecule has 0 spiro atoms. The highest BCUT2D eigenvalue weighted by Gasteiger charge is 2.33. The highest BCUT2D eigenvalue weighted by molar-refractivity contribution is 9.10. The molecule has 0 radical (unpaired) electrons. The molecule has 1 aliphatic heterocycles. The maximum Gasteiger partial charge on any atom is 0.284 e. The number of amides is 1. The van der Waals surface area contributed by atoms with Crippen molar-refractivity contribution in [3.63, 3.8) is 0 Å². The highest BCUT2D eigenvalue weighted by Crippen LogP contribution is 2.33. The van der Waals surface area contributed by atoms with Gasteiger partial charge in [0.15, 0.2) is 5.17 Å². The van der Waals surface area contributed by atoms with Gasteiger partial charge in [0.2, 0.25) is 0 Å². The summed E-state index contributed by atoms with van der Waals surface area (Å²) in [7, 11) is -3.87. The summed E-state index contributed by atoms with van der Waals surface area (Å²) in [6, 6.07) is 15.5. The van der Waals surface area contributed by atoms with Gasteiger partial charge in [-0.05, 0) is 54.6 Å². The Balaban J connectivity index is 1.96. The molecular formula is C18H15BrN2O3S2. The summed E-state index contributed by atoms with van der Waals surface area (Å²) in [5.41, 5.74) is 0.854. The van der Waals surface area contributed by atoms with Gasteiger partial charge in [-0.25, -0.2) is 0 Å². The Hall–Kier alpha value is -1.90. The maximum atomic E-state index is 12.6. The van der Waals surface area contributed by atoms with Gasteiger partial charge in [-0.3, -0.25) is 9.69 Å². The molecule has 0 saturated carbocycles. The molecule has 0 aliphatic carbocycles. The summed E-state index contributed by atoms with van der Waals surface area (Å²) in [4.78, 5) is 14.5. The molecule has 0 atom stereocenters. The number of amidine groups is 1. The van der Waals surface area contributed by atoms with Crippen LogP contribution in [-0.4, -0.2) is 30.9 Å². The lowest BCUT2D eigenvalue weighted by Gasteiger charge is -2.11. The average Bonchev–Trinajstić information content (AvgIpc) is 2.91. The van der Waals surface area contributed by atoms with Crippen molar-refractivity contribution >= 4 is 54.9 Å². The number of halogens is 1. The number of rotatable bonds is 4. The van der Waals surface area contributed by atoms with Gasteiger partial charge < -0.3 is 0 Å². The lowest BCUT2D eigenvalue weighted by molar-refractivity contribution is -0.122. The van der Waals surface area contributed by atoms with Crippen LogP contribution in [0.25, 0.3) is 6.08 Å². The zero-order valence-electron chi connectivity index (χ0n) is 13.8. The lowest BCUT2D eigenvalue weighted by Crippen LogP contribution is -2.29. The van der Waals surface area contributed by atoms with Gasteiger partial charge in [0.05, 0.1) is 9.80 Å². The smallest absolute Gasteiger partial charge is 0.284 e. The first-order chi connectivity index (χ1) is 12.4. The Kier molecular flexibility index (Phi) is 5.64. The largest absolute Gasteiger partial charge is 0.286 e. The van der Waals surface area contributed by atoms with Crippen molar-refractivity contribution in [2.45, 2.75) is 11.8 Å². The molecular weight excluding hydrogens is 436 g/mol. The second-order valence-corrected chi connectivity index (χ2v) is 8.90. The first-order valence-corrected chi connectivity index (χ1v) is 10.8. The quantitative estimate of drug-likeness (QED) is 0.656. The van der Waals surface area contributed by atoms with Crippen LogP contribution >= 0.6 is 27.7 Å². The molecule has 1 aliphatic rings. The third-order valence-corrected chi connectivity index (χ3v) is 6.54. The minimum absolute atomic E-state index is 0.0990. The van der Waals surface area contributed by atoms with E-state index in [4.69, 9.17) is 0 Å². The van der Waals surface area contributed by atoms with Crippen molar-refractivity contribution in [2.75, 3.05) is 6.54 Å². The van der Waals surface area contributed by atoms with Crippen LogP contribution in [0.1, 0.15) is 12.5 Å². The lowest BCUT2D eigenvalue weighted by atomic mass is 10.2. The van der Waals surface area contributed by atoms with Crippen LogP contribution in [0.2, 0.25) is 0 Å². The van der Waals surface area contributed by atoms with Crippen molar-refractivity contribution in [3.8, 4) is 0 Å². The second kappa shape index (κ2) is 7.77. The Labute approximate surface area is 165 Å². The van der Waals surface area contributed by atoms with Crippen LogP contribution in [0.5, 0.6) is 0 Å². The van der Waals surface area contributed by atoms with Crippen LogP contribution in [-0.2, 0) is 14.8 Å². The molecule has 134 valence electrons. The molecule has 1 amide bonds. The number of hydrogen-bond donors (Lipinski definition) is 0. The summed E-state index contributed by atoms with van der Waals surface area (Å²) >= 11 is 4.44. The van der Waals surface area contributed by atoms with E-state index >= 15 is 0 Å². The average molecular weight is 451 g/mol. The summed E-state index contributed by atoms with van der Waals surface area (Å²) in [5.74, 6) is -0.248. The van der Waals surface area contributed by atoms with Crippen molar-refractivity contribution in [3.05, 3.63) is 69.5 Å². The zero-order valence-corrected chi connectivity index (χ0v) is 17.0. The molecule has 26 heavy (non-hydrogen) atoms. The number of thioether (sulfide) groups is 1. The number of sulfonamides is 1. The van der Waals surface area contributed by atoms with Gasteiger partial charge >= 0.3 is 0 Å². The molecule has 0 aromatic heterocycles. The monoisotopic (exact) mass is 450 g/mol. The molecule has 8 heteroatoms. The maximum absolute atomic E-state index is 12.6. The second-order valence-electron chi connectivity index (χ2n) is 5.37. The molecule has 0 bridgehead atoms. The minimum Gasteiger partial charge on any atom is -0.286 e. The summed E-state index contributed by atoms with van der Waals surface area (Å²) < 4.78 is 29.8. The number of nitrogens with zero attached hydrogens (tertiary/aromatic N) is 2. The van der Waals surface area contributed by atoms with Gasteiger partial charge in [0.25, 0.3) is 15.9 Å². The van der Waals surface area contributed by atoms with Crippen LogP contribution < -0.4 is 0 Å². The van der Waals surface area contributed by atoms with Gasteiger partial charge in [-0.15, -0.1) is 4.40 Å². The predicted molar refractivity (Wildman–Crippen MR) is 108 cm³/mol. The fourth-order valence-electron chi connectivity index (χ4n) is 2.31. The number of carbonyl (C=O) groups is 1. The first-order valence-electron chi connectivity index (χ1n) is 7.77. The number of benzene rings is 2. The van der Waals surface area contributed by atoms with Crippen LogP contribution in [0.3, 0.4) is 0 Å². The summed E-state index contributed by atoms with van der Waals surface area (Å²) in [5, 5.41) is 0.171. The van der Waals surface area contributed by atoms with Crippen LogP contribution in [0, 0.1) is 0 Å². The van der Waals surface area contributed by atoms with Gasteiger partial charge in [-0.2, -0.15) is 8.42 Å². The van der Waals surface area contributed by atoms with E-state index in [2.05, 4.69) is 20.3 Å². The van der Waals surface area contributed by atoms with Gasteiger partial charge in [-0.1, -0.05) is 46.3 Å². The molecule has 1 fully saturated rings. The van der Waals surface area contributed by atoms with Gasteiger partial charge in [0, 0.05) is 11.0 Å². The molecule has 2 aromatic carbocycles. The Morgan fingerprint density at radius 3 is 2.38 bits per heavy atom. The predicted octanol–water partition coefficient (Wildman–Crippen LogP) is 4.13. The summed E-state index contributed by atoms with van der Waals surface area (Å²) in [6.07, 6.45) is 1.74. The Morgan fingerprint density at radius 2 is 1.77 bits per heavy atom. The van der Waals surface area contributed by atoms with E-state index in [0.717, 1.165) is 21.8 Å². The molecule has 2 aromatic rings. The molecule has 5 nitrogen and oxygen atoms in total. The summed E-state index contributed by atoms with van der Waals surface area (Å²) in [6.45, 7) is 2.12. The number of likely N-dealkylation sites (N-methyl/N-ethyl adjacent to an activating group) is 1. The highest BCUT2D eigenvalue weighted by atomic mass is 79.9. The van der Waals surface area contributed by atoms with E-state index in [0.29, 0.717) is 11.4 Å².